The molecule has 0 amide bonds. The van der Waals surface area contributed by atoms with E-state index >= 15 is 0 Å². The van der Waals surface area contributed by atoms with Crippen LogP contribution in [0.3, 0.4) is 0 Å². The molecule has 0 aliphatic heterocycles. The van der Waals surface area contributed by atoms with E-state index in [-0.39, 0.29) is 5.75 Å². The van der Waals surface area contributed by atoms with Crippen molar-refractivity contribution in [3.8, 4) is 17.0 Å². The topological polar surface area (TPSA) is 46.5 Å². The van der Waals surface area contributed by atoms with Crippen LogP contribution in [0.15, 0.2) is 59.0 Å². The Labute approximate surface area is 151 Å². The summed E-state index contributed by atoms with van der Waals surface area (Å²) in [4.78, 5) is 4.44. The normalized spacial score (nSPS) is 11.2. The summed E-state index contributed by atoms with van der Waals surface area (Å²) in [5.41, 5.74) is 5.37. The molecule has 3 aromatic rings. The molecule has 3 rings (SSSR count). The predicted octanol–water partition coefficient (Wildman–Crippen LogP) is 5.51. The van der Waals surface area contributed by atoms with Crippen molar-refractivity contribution in [2.45, 2.75) is 6.61 Å². The van der Waals surface area contributed by atoms with Crippen molar-refractivity contribution in [1.29, 1.82) is 0 Å². The van der Waals surface area contributed by atoms with E-state index in [1.807, 2.05) is 29.6 Å². The predicted molar refractivity (Wildman–Crippen MR) is 96.9 cm³/mol. The maximum absolute atomic E-state index is 12.1. The maximum atomic E-state index is 12.1. The number of thiazole rings is 1. The van der Waals surface area contributed by atoms with Gasteiger partial charge in [0.15, 0.2) is 0 Å². The Morgan fingerprint density at radius 2 is 1.84 bits per heavy atom. The average molecular weight is 380 g/mol. The minimum atomic E-state index is -2.83. The highest BCUT2D eigenvalue weighted by atomic mass is 35.5. The van der Waals surface area contributed by atoms with Crippen LogP contribution in [0, 0.1) is 0 Å². The van der Waals surface area contributed by atoms with Gasteiger partial charge in [-0.2, -0.15) is 13.9 Å². The fourth-order valence-electron chi connectivity index (χ4n) is 1.98. The zero-order chi connectivity index (χ0) is 17.6. The van der Waals surface area contributed by atoms with Crippen molar-refractivity contribution in [2.24, 2.45) is 5.10 Å². The van der Waals surface area contributed by atoms with Crippen molar-refractivity contribution in [3.63, 3.8) is 0 Å². The molecule has 8 heteroatoms. The number of aromatic nitrogens is 1. The molecule has 0 unspecified atom stereocenters. The van der Waals surface area contributed by atoms with Gasteiger partial charge in [-0.05, 0) is 42.0 Å². The zero-order valence-electron chi connectivity index (χ0n) is 12.7. The third-order valence-corrected chi connectivity index (χ3v) is 4.12. The minimum Gasteiger partial charge on any atom is -0.435 e. The summed E-state index contributed by atoms with van der Waals surface area (Å²) in [5.74, 6) is 0.104. The fourth-order valence-corrected chi connectivity index (χ4v) is 2.77. The van der Waals surface area contributed by atoms with Gasteiger partial charge < -0.3 is 4.74 Å². The third-order valence-electron chi connectivity index (χ3n) is 3.12. The fraction of sp³-hybridized carbons (Fsp3) is 0.0588. The molecular formula is C17H12ClF2N3OS. The largest absolute Gasteiger partial charge is 0.435 e. The number of anilines is 1. The van der Waals surface area contributed by atoms with Crippen LogP contribution in [0.5, 0.6) is 5.75 Å². The van der Waals surface area contributed by atoms with Crippen molar-refractivity contribution < 1.29 is 13.5 Å². The van der Waals surface area contributed by atoms with E-state index in [2.05, 4.69) is 20.2 Å². The van der Waals surface area contributed by atoms with E-state index in [0.29, 0.717) is 10.2 Å². The van der Waals surface area contributed by atoms with Gasteiger partial charge in [0.25, 0.3) is 0 Å². The lowest BCUT2D eigenvalue weighted by atomic mass is 10.2. The Balaban J connectivity index is 1.60. The molecule has 0 saturated carbocycles. The Kier molecular flexibility index (Phi) is 5.57. The molecule has 0 bridgehead atoms. The van der Waals surface area contributed by atoms with Crippen LogP contribution in [-0.2, 0) is 0 Å². The highest BCUT2D eigenvalue weighted by Crippen LogP contribution is 2.25. The number of hydrazone groups is 1. The molecule has 128 valence electrons. The summed E-state index contributed by atoms with van der Waals surface area (Å²) in [6.07, 6.45) is 1.56. The molecule has 0 radical (unpaired) electrons. The smallest absolute Gasteiger partial charge is 0.387 e. The second kappa shape index (κ2) is 8.04. The summed E-state index contributed by atoms with van der Waals surface area (Å²) >= 11 is 7.29. The Morgan fingerprint density at radius 1 is 1.12 bits per heavy atom. The molecule has 25 heavy (non-hydrogen) atoms. The molecule has 0 aliphatic carbocycles. The number of nitrogens with one attached hydrogen (secondary N) is 1. The SMILES string of the molecule is FC(F)Oc1ccc(/C=N/Nc2nc(-c3ccc(Cl)cc3)cs2)cc1. The van der Waals surface area contributed by atoms with Crippen LogP contribution in [-0.4, -0.2) is 17.8 Å². The van der Waals surface area contributed by atoms with Crippen LogP contribution < -0.4 is 10.2 Å². The van der Waals surface area contributed by atoms with Gasteiger partial charge in [-0.1, -0.05) is 23.7 Å². The van der Waals surface area contributed by atoms with Gasteiger partial charge in [0.05, 0.1) is 11.9 Å². The van der Waals surface area contributed by atoms with Crippen LogP contribution in [0.1, 0.15) is 5.56 Å². The molecule has 0 atom stereocenters. The number of nitrogens with zero attached hydrogens (tertiary/aromatic N) is 2. The number of hydrogen-bond donors (Lipinski definition) is 1. The lowest BCUT2D eigenvalue weighted by molar-refractivity contribution is -0.0498. The first-order valence-electron chi connectivity index (χ1n) is 7.15. The summed E-state index contributed by atoms with van der Waals surface area (Å²) < 4.78 is 28.5. The minimum absolute atomic E-state index is 0.104. The molecule has 1 aromatic heterocycles. The molecule has 2 aromatic carbocycles. The monoisotopic (exact) mass is 379 g/mol. The van der Waals surface area contributed by atoms with E-state index in [4.69, 9.17) is 11.6 Å². The zero-order valence-corrected chi connectivity index (χ0v) is 14.3. The van der Waals surface area contributed by atoms with Gasteiger partial charge in [0.2, 0.25) is 5.13 Å². The van der Waals surface area contributed by atoms with Crippen molar-refractivity contribution >= 4 is 34.3 Å². The van der Waals surface area contributed by atoms with Crippen molar-refractivity contribution in [1.82, 2.24) is 4.98 Å². The first-order chi connectivity index (χ1) is 12.1. The first kappa shape index (κ1) is 17.3. The van der Waals surface area contributed by atoms with E-state index < -0.39 is 6.61 Å². The highest BCUT2D eigenvalue weighted by molar-refractivity contribution is 7.14. The summed E-state index contributed by atoms with van der Waals surface area (Å²) in [6.45, 7) is -2.83. The van der Waals surface area contributed by atoms with Crippen LogP contribution >= 0.6 is 22.9 Å². The van der Waals surface area contributed by atoms with E-state index in [9.17, 15) is 8.78 Å². The van der Waals surface area contributed by atoms with Gasteiger partial charge in [0, 0.05) is 16.0 Å². The molecule has 0 aliphatic rings. The summed E-state index contributed by atoms with van der Waals surface area (Å²) in [6, 6.07) is 13.6. The van der Waals surface area contributed by atoms with Gasteiger partial charge in [0.1, 0.15) is 5.75 Å². The molecule has 0 saturated heterocycles. The molecule has 0 spiro atoms. The van der Waals surface area contributed by atoms with Crippen molar-refractivity contribution in [3.05, 3.63) is 64.5 Å². The highest BCUT2D eigenvalue weighted by Gasteiger charge is 2.04. The molecular weight excluding hydrogens is 368 g/mol. The lowest BCUT2D eigenvalue weighted by Crippen LogP contribution is -2.01. The Hall–Kier alpha value is -2.51. The lowest BCUT2D eigenvalue weighted by Gasteiger charge is -2.03. The van der Waals surface area contributed by atoms with Crippen molar-refractivity contribution in [2.75, 3.05) is 5.43 Å². The maximum Gasteiger partial charge on any atom is 0.387 e. The third kappa shape index (κ3) is 4.98. The average Bonchev–Trinajstić information content (AvgIpc) is 3.05. The number of rotatable bonds is 6. The van der Waals surface area contributed by atoms with E-state index in [1.54, 1.807) is 18.3 Å². The molecule has 1 heterocycles. The van der Waals surface area contributed by atoms with Crippen LogP contribution in [0.2, 0.25) is 5.02 Å². The number of hydrogen-bond acceptors (Lipinski definition) is 5. The summed E-state index contributed by atoms with van der Waals surface area (Å²) in [5, 5.41) is 7.31. The van der Waals surface area contributed by atoms with Gasteiger partial charge in [-0.15, -0.1) is 11.3 Å². The Bertz CT molecular complexity index is 851. The number of benzene rings is 2. The van der Waals surface area contributed by atoms with E-state index in [1.165, 1.54) is 23.5 Å². The number of halogens is 3. The second-order valence-electron chi connectivity index (χ2n) is 4.86. The second-order valence-corrected chi connectivity index (χ2v) is 6.16. The van der Waals surface area contributed by atoms with Crippen LogP contribution in [0.25, 0.3) is 11.3 Å². The van der Waals surface area contributed by atoms with Gasteiger partial charge >= 0.3 is 6.61 Å². The van der Waals surface area contributed by atoms with Gasteiger partial charge in [-0.25, -0.2) is 4.98 Å². The molecule has 4 nitrogen and oxygen atoms in total. The van der Waals surface area contributed by atoms with Gasteiger partial charge in [-0.3, -0.25) is 5.43 Å². The molecule has 0 fully saturated rings. The molecule has 1 N–H and O–H groups in total. The number of alkyl halides is 2. The first-order valence-corrected chi connectivity index (χ1v) is 8.41. The number of ether oxygens (including phenoxy) is 1. The van der Waals surface area contributed by atoms with Crippen LogP contribution in [0.4, 0.5) is 13.9 Å². The van der Waals surface area contributed by atoms with E-state index in [0.717, 1.165) is 16.8 Å². The summed E-state index contributed by atoms with van der Waals surface area (Å²) in [7, 11) is 0. The quantitative estimate of drug-likeness (QED) is 0.453. The standard InChI is InChI=1S/C17H12ClF2N3OS/c18-13-5-3-12(4-6-13)15-10-25-17(22-15)23-21-9-11-1-7-14(8-2-11)24-16(19)20/h1-10,16H,(H,22,23)/b21-9+. The Morgan fingerprint density at radius 3 is 2.52 bits per heavy atom.